The largest absolute Gasteiger partial charge is 0.480 e. The van der Waals surface area contributed by atoms with Crippen molar-refractivity contribution in [3.05, 3.63) is 53.5 Å². The minimum atomic E-state index is -1.21. The molecule has 0 aliphatic carbocycles. The third-order valence-corrected chi connectivity index (χ3v) is 7.06. The molecule has 2 unspecified atom stereocenters. The van der Waals surface area contributed by atoms with Gasteiger partial charge in [0.05, 0.1) is 0 Å². The molecule has 2 atom stereocenters. The number of pyridine rings is 2. The van der Waals surface area contributed by atoms with Gasteiger partial charge in [-0.15, -0.1) is 0 Å². The SMILES string of the molecule is O=C(O)C(Cc1cccnc1)N1C(=O)C(N2CCCC(Cc3ccc4c(n3)NCCC4)C2)C1=O. The van der Waals surface area contributed by atoms with Gasteiger partial charge in [-0.2, -0.15) is 0 Å². The lowest BCUT2D eigenvalue weighted by Gasteiger charge is -2.46. The third-order valence-electron chi connectivity index (χ3n) is 7.06. The van der Waals surface area contributed by atoms with Crippen LogP contribution in [-0.2, 0) is 33.6 Å². The molecule has 0 radical (unpaired) electrons. The van der Waals surface area contributed by atoms with Crippen LogP contribution in [0.1, 0.15) is 36.1 Å². The Labute approximate surface area is 198 Å². The number of likely N-dealkylation sites (tertiary alicyclic amines) is 2. The summed E-state index contributed by atoms with van der Waals surface area (Å²) in [4.78, 5) is 49.5. The fraction of sp³-hybridized carbons (Fsp3) is 0.480. The van der Waals surface area contributed by atoms with Crippen LogP contribution in [0.4, 0.5) is 5.82 Å². The van der Waals surface area contributed by atoms with Gasteiger partial charge in [-0.3, -0.25) is 24.4 Å². The molecule has 0 saturated carbocycles. The molecule has 34 heavy (non-hydrogen) atoms. The summed E-state index contributed by atoms with van der Waals surface area (Å²) in [5, 5.41) is 13.1. The summed E-state index contributed by atoms with van der Waals surface area (Å²) in [6.07, 6.45) is 8.07. The van der Waals surface area contributed by atoms with Crippen molar-refractivity contribution in [1.29, 1.82) is 0 Å². The van der Waals surface area contributed by atoms with Crippen molar-refractivity contribution < 1.29 is 19.5 Å². The number of nitrogens with one attached hydrogen (secondary N) is 1. The number of imide groups is 1. The van der Waals surface area contributed by atoms with Gasteiger partial charge < -0.3 is 10.4 Å². The first-order chi connectivity index (χ1) is 16.5. The first-order valence-corrected chi connectivity index (χ1v) is 12.0. The van der Waals surface area contributed by atoms with Gasteiger partial charge in [0.15, 0.2) is 6.04 Å². The second-order valence-electron chi connectivity index (χ2n) is 9.42. The standard InChI is InChI=1S/C25H29N5O4/c31-23-21(24(32)30(23)20(25(33)34)13-16-4-1-9-26-14-16)29-11-3-5-17(15-29)12-19-8-7-18-6-2-10-27-22(18)28-19/h1,4,7-9,14,17,20-21H,2-3,5-6,10-13,15H2,(H,27,28)(H,33,34). The summed E-state index contributed by atoms with van der Waals surface area (Å²) >= 11 is 0. The Morgan fingerprint density at radius 2 is 2.06 bits per heavy atom. The zero-order valence-corrected chi connectivity index (χ0v) is 19.0. The highest BCUT2D eigenvalue weighted by molar-refractivity contribution is 6.22. The summed E-state index contributed by atoms with van der Waals surface area (Å²) in [6.45, 7) is 2.23. The molecule has 2 saturated heterocycles. The van der Waals surface area contributed by atoms with Gasteiger partial charge in [0.2, 0.25) is 0 Å². The van der Waals surface area contributed by atoms with Crippen molar-refractivity contribution in [3.8, 4) is 0 Å². The van der Waals surface area contributed by atoms with Crippen LogP contribution in [-0.4, -0.2) is 74.4 Å². The van der Waals surface area contributed by atoms with Crippen LogP contribution in [0.3, 0.4) is 0 Å². The zero-order valence-electron chi connectivity index (χ0n) is 19.0. The van der Waals surface area contributed by atoms with Gasteiger partial charge in [0, 0.05) is 37.6 Å². The monoisotopic (exact) mass is 463 g/mol. The number of aryl methyl sites for hydroxylation is 1. The summed E-state index contributed by atoms with van der Waals surface area (Å²) in [7, 11) is 0. The second-order valence-corrected chi connectivity index (χ2v) is 9.42. The molecular weight excluding hydrogens is 434 g/mol. The Balaban J connectivity index is 1.23. The molecule has 2 aromatic rings. The lowest BCUT2D eigenvalue weighted by atomic mass is 9.89. The van der Waals surface area contributed by atoms with Crippen molar-refractivity contribution >= 4 is 23.6 Å². The number of aromatic nitrogens is 2. The molecule has 3 aliphatic heterocycles. The van der Waals surface area contributed by atoms with E-state index >= 15 is 0 Å². The van der Waals surface area contributed by atoms with Crippen molar-refractivity contribution in [2.24, 2.45) is 5.92 Å². The lowest BCUT2D eigenvalue weighted by Crippen LogP contribution is -2.72. The van der Waals surface area contributed by atoms with Crippen molar-refractivity contribution in [2.45, 2.75) is 50.6 Å². The Morgan fingerprint density at radius 1 is 1.21 bits per heavy atom. The molecular formula is C25H29N5O4. The molecule has 2 N–H and O–H groups in total. The molecule has 0 spiro atoms. The predicted molar refractivity (Wildman–Crippen MR) is 124 cm³/mol. The van der Waals surface area contributed by atoms with Crippen LogP contribution in [0.25, 0.3) is 0 Å². The quantitative estimate of drug-likeness (QED) is 0.469. The van der Waals surface area contributed by atoms with Gasteiger partial charge in [-0.05, 0) is 67.8 Å². The van der Waals surface area contributed by atoms with Gasteiger partial charge in [0.25, 0.3) is 11.8 Å². The normalized spacial score (nSPS) is 22.0. The third kappa shape index (κ3) is 4.40. The number of carboxylic acid groups (broad SMARTS) is 1. The van der Waals surface area contributed by atoms with Crippen LogP contribution in [0.15, 0.2) is 36.7 Å². The molecule has 178 valence electrons. The van der Waals surface area contributed by atoms with E-state index in [2.05, 4.69) is 22.4 Å². The number of hydrogen-bond acceptors (Lipinski definition) is 7. The summed E-state index contributed by atoms with van der Waals surface area (Å²) < 4.78 is 0. The Bertz CT molecular complexity index is 1080. The predicted octanol–water partition coefficient (Wildman–Crippen LogP) is 1.52. The van der Waals surface area contributed by atoms with Crippen LogP contribution in [0.5, 0.6) is 0 Å². The average Bonchev–Trinajstić information content (AvgIpc) is 2.84. The highest BCUT2D eigenvalue weighted by Gasteiger charge is 2.54. The maximum absolute atomic E-state index is 13.0. The lowest BCUT2D eigenvalue weighted by molar-refractivity contribution is -0.177. The average molecular weight is 464 g/mol. The van der Waals surface area contributed by atoms with E-state index in [9.17, 15) is 19.5 Å². The van der Waals surface area contributed by atoms with E-state index in [0.29, 0.717) is 24.6 Å². The molecule has 2 amide bonds. The fourth-order valence-electron chi connectivity index (χ4n) is 5.34. The number of carbonyl (C=O) groups is 3. The molecule has 9 nitrogen and oxygen atoms in total. The van der Waals surface area contributed by atoms with E-state index in [4.69, 9.17) is 4.98 Å². The molecule has 5 heterocycles. The number of hydrogen-bond donors (Lipinski definition) is 2. The van der Waals surface area contributed by atoms with E-state index < -0.39 is 29.9 Å². The van der Waals surface area contributed by atoms with E-state index in [0.717, 1.165) is 55.1 Å². The molecule has 9 heteroatoms. The van der Waals surface area contributed by atoms with Crippen molar-refractivity contribution in [1.82, 2.24) is 19.8 Å². The van der Waals surface area contributed by atoms with Crippen LogP contribution >= 0.6 is 0 Å². The minimum Gasteiger partial charge on any atom is -0.480 e. The summed E-state index contributed by atoms with van der Waals surface area (Å²) in [6, 6.07) is 5.59. The highest BCUT2D eigenvalue weighted by atomic mass is 16.4. The molecule has 2 fully saturated rings. The molecule has 5 rings (SSSR count). The van der Waals surface area contributed by atoms with Crippen molar-refractivity contribution in [2.75, 3.05) is 25.0 Å². The number of aliphatic carboxylic acids is 1. The molecule has 2 aromatic heterocycles. The summed E-state index contributed by atoms with van der Waals surface area (Å²) in [5.41, 5.74) is 2.95. The molecule has 0 aromatic carbocycles. The van der Waals surface area contributed by atoms with Crippen LogP contribution in [0.2, 0.25) is 0 Å². The van der Waals surface area contributed by atoms with Crippen LogP contribution < -0.4 is 5.32 Å². The fourth-order valence-corrected chi connectivity index (χ4v) is 5.34. The Kier molecular flexibility index (Phi) is 6.28. The van der Waals surface area contributed by atoms with Gasteiger partial charge in [0.1, 0.15) is 11.9 Å². The second kappa shape index (κ2) is 9.50. The number of carboxylic acids is 1. The summed E-state index contributed by atoms with van der Waals surface area (Å²) in [5.74, 6) is -0.753. The minimum absolute atomic E-state index is 0.0496. The van der Waals surface area contributed by atoms with Gasteiger partial charge in [-0.25, -0.2) is 9.78 Å². The number of amides is 2. The topological polar surface area (TPSA) is 116 Å². The highest BCUT2D eigenvalue weighted by Crippen LogP contribution is 2.30. The number of fused-ring (bicyclic) bond motifs is 1. The Morgan fingerprint density at radius 3 is 2.82 bits per heavy atom. The maximum atomic E-state index is 13.0. The van der Waals surface area contributed by atoms with E-state index in [1.165, 1.54) is 5.56 Å². The van der Waals surface area contributed by atoms with Crippen molar-refractivity contribution in [3.63, 3.8) is 0 Å². The van der Waals surface area contributed by atoms with E-state index in [1.807, 2.05) is 4.90 Å². The number of carbonyl (C=O) groups excluding carboxylic acids is 2. The van der Waals surface area contributed by atoms with E-state index in [1.54, 1.807) is 24.5 Å². The van der Waals surface area contributed by atoms with E-state index in [-0.39, 0.29) is 6.42 Å². The number of β-lactam (4-membered cyclic amide) rings is 2. The number of nitrogens with zero attached hydrogens (tertiary/aromatic N) is 4. The Hall–Kier alpha value is -3.33. The molecule has 3 aliphatic rings. The first-order valence-electron chi connectivity index (χ1n) is 12.0. The first kappa shape index (κ1) is 22.5. The molecule has 0 bridgehead atoms. The number of piperidine rings is 1. The van der Waals surface area contributed by atoms with Gasteiger partial charge in [-0.1, -0.05) is 12.1 Å². The van der Waals surface area contributed by atoms with Gasteiger partial charge >= 0.3 is 5.97 Å². The number of rotatable bonds is 7. The number of anilines is 1. The van der Waals surface area contributed by atoms with Crippen LogP contribution in [0, 0.1) is 5.92 Å². The smallest absolute Gasteiger partial charge is 0.327 e. The maximum Gasteiger partial charge on any atom is 0.327 e. The zero-order chi connectivity index (χ0) is 23.7.